The number of nitrogens with one attached hydrogen (secondary N) is 1. The van der Waals surface area contributed by atoms with E-state index in [1.165, 1.54) is 18.2 Å². The first-order chi connectivity index (χ1) is 12.4. The summed E-state index contributed by atoms with van der Waals surface area (Å²) >= 11 is 0. The minimum atomic E-state index is -4.47. The minimum Gasteiger partial charge on any atom is -0.377 e. The molecule has 0 bridgehead atoms. The summed E-state index contributed by atoms with van der Waals surface area (Å²) in [4.78, 5) is 10.6. The van der Waals surface area contributed by atoms with Crippen molar-refractivity contribution in [1.82, 2.24) is 0 Å². The van der Waals surface area contributed by atoms with E-state index in [2.05, 4.69) is 5.32 Å². The molecule has 7 heteroatoms. The van der Waals surface area contributed by atoms with Crippen LogP contribution in [0.4, 0.5) is 24.5 Å². The molecule has 2 aliphatic rings. The van der Waals surface area contributed by atoms with Gasteiger partial charge < -0.3 is 5.32 Å². The maximum atomic E-state index is 13.5. The van der Waals surface area contributed by atoms with Crippen LogP contribution in [0.1, 0.15) is 35.1 Å². The van der Waals surface area contributed by atoms with Gasteiger partial charge in [-0.1, -0.05) is 36.4 Å². The maximum Gasteiger partial charge on any atom is 0.418 e. The quantitative estimate of drug-likeness (QED) is 0.441. The number of nitro groups is 1. The third-order valence-electron chi connectivity index (χ3n) is 5.14. The molecule has 2 aromatic rings. The molecule has 26 heavy (non-hydrogen) atoms. The first-order valence-corrected chi connectivity index (χ1v) is 8.24. The number of nitro benzene ring substituents is 1. The lowest BCUT2D eigenvalue weighted by Crippen LogP contribution is -2.30. The van der Waals surface area contributed by atoms with E-state index in [0.717, 1.165) is 6.07 Å². The largest absolute Gasteiger partial charge is 0.418 e. The summed E-state index contributed by atoms with van der Waals surface area (Å²) in [5, 5.41) is 14.1. The molecule has 4 nitrogen and oxygen atoms in total. The summed E-state index contributed by atoms with van der Waals surface area (Å²) in [5.74, 6) is -0.120. The van der Waals surface area contributed by atoms with Gasteiger partial charge >= 0.3 is 6.18 Å². The van der Waals surface area contributed by atoms with Crippen molar-refractivity contribution in [3.05, 3.63) is 81.4 Å². The van der Waals surface area contributed by atoms with E-state index in [1.807, 2.05) is 12.2 Å². The van der Waals surface area contributed by atoms with E-state index in [0.29, 0.717) is 17.5 Å². The number of benzene rings is 2. The summed E-state index contributed by atoms with van der Waals surface area (Å²) in [5.41, 5.74) is 0.552. The number of alkyl halides is 3. The van der Waals surface area contributed by atoms with Crippen LogP contribution in [0.5, 0.6) is 0 Å². The number of rotatable bonds is 2. The average molecular weight is 360 g/mol. The Morgan fingerprint density at radius 1 is 1.15 bits per heavy atom. The van der Waals surface area contributed by atoms with Crippen LogP contribution in [-0.4, -0.2) is 4.92 Å². The van der Waals surface area contributed by atoms with Gasteiger partial charge in [-0.15, -0.1) is 0 Å². The fourth-order valence-corrected chi connectivity index (χ4v) is 4.02. The zero-order chi connectivity index (χ0) is 18.5. The summed E-state index contributed by atoms with van der Waals surface area (Å²) < 4.78 is 40.4. The lowest BCUT2D eigenvalue weighted by Gasteiger charge is -2.38. The Balaban J connectivity index is 1.83. The van der Waals surface area contributed by atoms with Gasteiger partial charge in [0.15, 0.2) is 0 Å². The molecule has 0 saturated heterocycles. The van der Waals surface area contributed by atoms with Gasteiger partial charge in [-0.2, -0.15) is 13.2 Å². The highest BCUT2D eigenvalue weighted by Crippen LogP contribution is 2.52. The van der Waals surface area contributed by atoms with Gasteiger partial charge in [0.25, 0.3) is 5.69 Å². The number of hydrogen-bond donors (Lipinski definition) is 1. The smallest absolute Gasteiger partial charge is 0.377 e. The standard InChI is InChI=1S/C19H15F3N2O2/c20-19(21,22)16-9-3-8-15-13-6-2-7-14(13)17(23-18(15)16)11-4-1-5-12(10-11)24(25)26/h1-6,8-10,13-14,17,23H,7H2/t13-,14-,17-/m0/s1. The summed E-state index contributed by atoms with van der Waals surface area (Å²) in [6.45, 7) is 0. The van der Waals surface area contributed by atoms with Gasteiger partial charge in [-0.05, 0) is 29.5 Å². The monoisotopic (exact) mass is 360 g/mol. The number of anilines is 1. The second kappa shape index (κ2) is 5.86. The molecule has 1 aliphatic heterocycles. The first kappa shape index (κ1) is 16.6. The van der Waals surface area contributed by atoms with E-state index in [9.17, 15) is 23.3 Å². The number of para-hydroxylation sites is 1. The molecule has 0 saturated carbocycles. The van der Waals surface area contributed by atoms with Crippen molar-refractivity contribution in [2.75, 3.05) is 5.32 Å². The van der Waals surface area contributed by atoms with Crippen molar-refractivity contribution in [2.24, 2.45) is 5.92 Å². The molecule has 0 spiro atoms. The predicted molar refractivity (Wildman–Crippen MR) is 90.9 cm³/mol. The van der Waals surface area contributed by atoms with Crippen LogP contribution in [0.25, 0.3) is 0 Å². The Hall–Kier alpha value is -2.83. The molecule has 1 heterocycles. The summed E-state index contributed by atoms with van der Waals surface area (Å²) in [6, 6.07) is 9.90. The molecule has 2 aromatic carbocycles. The Morgan fingerprint density at radius 3 is 2.65 bits per heavy atom. The molecule has 0 amide bonds. The molecular weight excluding hydrogens is 345 g/mol. The fourth-order valence-electron chi connectivity index (χ4n) is 4.02. The number of non-ortho nitro benzene ring substituents is 1. The number of fused-ring (bicyclic) bond motifs is 3. The normalized spacial score (nSPS) is 23.9. The Kier molecular flexibility index (Phi) is 3.75. The lowest BCUT2D eigenvalue weighted by atomic mass is 9.76. The van der Waals surface area contributed by atoms with Gasteiger partial charge in [-0.3, -0.25) is 10.1 Å². The van der Waals surface area contributed by atoms with Crippen molar-refractivity contribution in [1.29, 1.82) is 0 Å². The van der Waals surface area contributed by atoms with Gasteiger partial charge in [0.1, 0.15) is 0 Å². The average Bonchev–Trinajstić information content (AvgIpc) is 3.09. The molecule has 0 fully saturated rings. The number of allylic oxidation sites excluding steroid dienone is 2. The highest BCUT2D eigenvalue weighted by Gasteiger charge is 2.43. The molecule has 1 aliphatic carbocycles. The summed E-state index contributed by atoms with van der Waals surface area (Å²) in [6.07, 6.45) is 0.146. The van der Waals surface area contributed by atoms with Gasteiger partial charge in [0.05, 0.1) is 22.2 Å². The van der Waals surface area contributed by atoms with Crippen LogP contribution in [0.3, 0.4) is 0 Å². The van der Waals surface area contributed by atoms with Crippen LogP contribution >= 0.6 is 0 Å². The SMILES string of the molecule is O=[N+]([O-])c1cccc([C@@H]2Nc3c(cccc3C(F)(F)F)[C@H]3C=CC[C@@H]32)c1. The van der Waals surface area contributed by atoms with Crippen molar-refractivity contribution in [3.63, 3.8) is 0 Å². The van der Waals surface area contributed by atoms with Crippen molar-refractivity contribution >= 4 is 11.4 Å². The Morgan fingerprint density at radius 2 is 1.92 bits per heavy atom. The zero-order valence-electron chi connectivity index (χ0n) is 13.5. The molecular formula is C19H15F3N2O2. The second-order valence-electron chi connectivity index (χ2n) is 6.60. The van der Waals surface area contributed by atoms with Crippen LogP contribution in [0, 0.1) is 16.0 Å². The Bertz CT molecular complexity index is 908. The van der Waals surface area contributed by atoms with Crippen molar-refractivity contribution < 1.29 is 18.1 Å². The highest BCUT2D eigenvalue weighted by atomic mass is 19.4. The topological polar surface area (TPSA) is 55.2 Å². The molecule has 1 N–H and O–H groups in total. The van der Waals surface area contributed by atoms with E-state index in [4.69, 9.17) is 0 Å². The van der Waals surface area contributed by atoms with Crippen LogP contribution in [-0.2, 0) is 6.18 Å². The van der Waals surface area contributed by atoms with Gasteiger partial charge in [0.2, 0.25) is 0 Å². The van der Waals surface area contributed by atoms with Gasteiger partial charge in [-0.25, -0.2) is 0 Å². The third kappa shape index (κ3) is 2.64. The molecule has 0 aromatic heterocycles. The molecule has 4 rings (SSSR count). The number of nitrogens with zero attached hydrogens (tertiary/aromatic N) is 1. The van der Waals surface area contributed by atoms with E-state index in [-0.39, 0.29) is 23.2 Å². The Labute approximate surface area is 147 Å². The fraction of sp³-hybridized carbons (Fsp3) is 0.263. The molecule has 0 unspecified atom stereocenters. The minimum absolute atomic E-state index is 0.0213. The van der Waals surface area contributed by atoms with Gasteiger partial charge in [0, 0.05) is 18.1 Å². The highest BCUT2D eigenvalue weighted by molar-refractivity contribution is 5.65. The van der Waals surface area contributed by atoms with Crippen LogP contribution < -0.4 is 5.32 Å². The predicted octanol–water partition coefficient (Wildman–Crippen LogP) is 5.44. The summed E-state index contributed by atoms with van der Waals surface area (Å²) in [7, 11) is 0. The zero-order valence-corrected chi connectivity index (χ0v) is 13.5. The molecule has 3 atom stereocenters. The van der Waals surface area contributed by atoms with E-state index < -0.39 is 22.7 Å². The number of halogens is 3. The maximum absolute atomic E-state index is 13.5. The van der Waals surface area contributed by atoms with Crippen LogP contribution in [0.15, 0.2) is 54.6 Å². The molecule has 134 valence electrons. The third-order valence-corrected chi connectivity index (χ3v) is 5.14. The van der Waals surface area contributed by atoms with Crippen LogP contribution in [0.2, 0.25) is 0 Å². The molecule has 0 radical (unpaired) electrons. The van der Waals surface area contributed by atoms with E-state index in [1.54, 1.807) is 18.2 Å². The first-order valence-electron chi connectivity index (χ1n) is 8.24. The van der Waals surface area contributed by atoms with Crippen molar-refractivity contribution in [2.45, 2.75) is 24.6 Å². The van der Waals surface area contributed by atoms with Crippen molar-refractivity contribution in [3.8, 4) is 0 Å². The second-order valence-corrected chi connectivity index (χ2v) is 6.60. The van der Waals surface area contributed by atoms with E-state index >= 15 is 0 Å². The lowest BCUT2D eigenvalue weighted by molar-refractivity contribution is -0.384. The number of hydrogen-bond acceptors (Lipinski definition) is 3.